The van der Waals surface area contributed by atoms with E-state index in [1.165, 1.54) is 4.90 Å². The topological polar surface area (TPSA) is 145 Å². The number of carbonyl (C=O) groups excluding carboxylic acids is 4. The SMILES string of the molecule is CC(F)(F)CC[C@H](NC(=O)[C@@H]1[C@H]2CCC[C@H]2CN1C(=O)[C@@H](NC(=O)O)C(C)(C)C)C(=O)C(=O)NC1CC1. The second-order valence-corrected chi connectivity index (χ2v) is 11.8. The smallest absolute Gasteiger partial charge is 0.405 e. The molecule has 4 N–H and O–H groups in total. The number of hydrogen-bond donors (Lipinski definition) is 4. The van der Waals surface area contributed by atoms with Gasteiger partial charge in [0, 0.05) is 19.0 Å². The highest BCUT2D eigenvalue weighted by atomic mass is 19.3. The van der Waals surface area contributed by atoms with Gasteiger partial charge < -0.3 is 26.0 Å². The maximum Gasteiger partial charge on any atom is 0.405 e. The minimum absolute atomic E-state index is 0.0254. The van der Waals surface area contributed by atoms with Crippen LogP contribution in [0.2, 0.25) is 0 Å². The van der Waals surface area contributed by atoms with Crippen molar-refractivity contribution in [2.75, 3.05) is 6.54 Å². The number of carbonyl (C=O) groups is 5. The van der Waals surface area contributed by atoms with Gasteiger partial charge in [-0.1, -0.05) is 27.2 Å². The number of halogens is 2. The number of nitrogens with zero attached hydrogens (tertiary/aromatic N) is 1. The fourth-order valence-electron chi connectivity index (χ4n) is 5.37. The Balaban J connectivity index is 1.83. The molecule has 0 radical (unpaired) electrons. The summed E-state index contributed by atoms with van der Waals surface area (Å²) < 4.78 is 27.2. The van der Waals surface area contributed by atoms with Crippen molar-refractivity contribution in [1.82, 2.24) is 20.9 Å². The maximum absolute atomic E-state index is 13.6. The van der Waals surface area contributed by atoms with E-state index in [1.807, 2.05) is 0 Å². The summed E-state index contributed by atoms with van der Waals surface area (Å²) in [6, 6.07) is -3.72. The van der Waals surface area contributed by atoms with E-state index in [0.717, 1.165) is 25.7 Å². The molecule has 10 nitrogen and oxygen atoms in total. The maximum atomic E-state index is 13.6. The second-order valence-electron chi connectivity index (χ2n) is 11.8. The Kier molecular flexibility index (Phi) is 8.48. The molecule has 12 heteroatoms. The summed E-state index contributed by atoms with van der Waals surface area (Å²) in [5, 5.41) is 16.6. The highest BCUT2D eigenvalue weighted by Gasteiger charge is 2.52. The summed E-state index contributed by atoms with van der Waals surface area (Å²) in [5.41, 5.74) is -0.791. The average molecular weight is 529 g/mol. The Morgan fingerprint density at radius 2 is 1.65 bits per heavy atom. The summed E-state index contributed by atoms with van der Waals surface area (Å²) in [4.78, 5) is 65.2. The van der Waals surface area contributed by atoms with Crippen LogP contribution < -0.4 is 16.0 Å². The van der Waals surface area contributed by atoms with Gasteiger partial charge in [-0.05, 0) is 56.3 Å². The van der Waals surface area contributed by atoms with Crippen LogP contribution in [-0.2, 0) is 19.2 Å². The Bertz CT molecular complexity index is 927. The molecule has 2 saturated carbocycles. The number of likely N-dealkylation sites (tertiary alicyclic amines) is 1. The van der Waals surface area contributed by atoms with Crippen molar-refractivity contribution in [2.24, 2.45) is 17.3 Å². The van der Waals surface area contributed by atoms with E-state index in [0.29, 0.717) is 13.3 Å². The zero-order chi connectivity index (χ0) is 27.7. The highest BCUT2D eigenvalue weighted by molar-refractivity contribution is 6.38. The summed E-state index contributed by atoms with van der Waals surface area (Å²) in [6.45, 7) is 6.06. The molecule has 0 aromatic carbocycles. The number of alkyl halides is 2. The standard InChI is InChI=1S/C25H38F2N4O6/c1-24(2,3)19(30-23(36)37)22(35)31-12-13-6-5-7-15(13)17(31)20(33)29-16(10-11-25(4,26)27)18(32)21(34)28-14-8-9-14/h13-17,19,30H,5-12H2,1-4H3,(H,28,34)(H,29,33)(H,36,37)/t13-,15-,16-,17-,19+/m0/s1. The molecule has 0 aromatic heterocycles. The fourth-order valence-corrected chi connectivity index (χ4v) is 5.37. The first-order chi connectivity index (χ1) is 17.1. The van der Waals surface area contributed by atoms with Gasteiger partial charge in [-0.2, -0.15) is 0 Å². The van der Waals surface area contributed by atoms with Gasteiger partial charge in [0.1, 0.15) is 12.1 Å². The van der Waals surface area contributed by atoms with E-state index >= 15 is 0 Å². The summed E-state index contributed by atoms with van der Waals surface area (Å²) in [6.07, 6.45) is 1.23. The molecule has 0 spiro atoms. The van der Waals surface area contributed by atoms with Gasteiger partial charge in [-0.3, -0.25) is 19.2 Å². The molecule has 37 heavy (non-hydrogen) atoms. The minimum atomic E-state index is -3.11. The predicted molar refractivity (Wildman–Crippen MR) is 129 cm³/mol. The third-order valence-electron chi connectivity index (χ3n) is 7.46. The molecular weight excluding hydrogens is 490 g/mol. The van der Waals surface area contributed by atoms with Gasteiger partial charge in [-0.25, -0.2) is 13.6 Å². The van der Waals surface area contributed by atoms with Crippen molar-refractivity contribution in [3.05, 3.63) is 0 Å². The van der Waals surface area contributed by atoms with Crippen LogP contribution in [0.15, 0.2) is 0 Å². The van der Waals surface area contributed by atoms with Crippen molar-refractivity contribution in [3.63, 3.8) is 0 Å². The van der Waals surface area contributed by atoms with Crippen molar-refractivity contribution >= 4 is 29.6 Å². The summed E-state index contributed by atoms with van der Waals surface area (Å²) in [7, 11) is 0. The van der Waals surface area contributed by atoms with Gasteiger partial charge in [0.2, 0.25) is 23.5 Å². The van der Waals surface area contributed by atoms with Crippen LogP contribution in [0.3, 0.4) is 0 Å². The number of rotatable bonds is 10. The molecular formula is C25H38F2N4O6. The first-order valence-electron chi connectivity index (χ1n) is 12.9. The number of amides is 4. The zero-order valence-electron chi connectivity index (χ0n) is 21.8. The Morgan fingerprint density at radius 3 is 2.19 bits per heavy atom. The molecule has 5 atom stereocenters. The van der Waals surface area contributed by atoms with E-state index in [2.05, 4.69) is 16.0 Å². The van der Waals surface area contributed by atoms with Gasteiger partial charge in [0.05, 0.1) is 6.04 Å². The molecule has 3 aliphatic rings. The van der Waals surface area contributed by atoms with Crippen LogP contribution in [0.4, 0.5) is 13.6 Å². The van der Waals surface area contributed by atoms with E-state index in [9.17, 15) is 37.9 Å². The number of nitrogens with one attached hydrogen (secondary N) is 3. The second kappa shape index (κ2) is 10.9. The highest BCUT2D eigenvalue weighted by Crippen LogP contribution is 2.43. The van der Waals surface area contributed by atoms with Crippen LogP contribution in [0.5, 0.6) is 0 Å². The molecule has 1 aliphatic heterocycles. The van der Waals surface area contributed by atoms with Gasteiger partial charge in [-0.15, -0.1) is 0 Å². The van der Waals surface area contributed by atoms with Crippen LogP contribution in [-0.4, -0.2) is 76.2 Å². The van der Waals surface area contributed by atoms with E-state index in [-0.39, 0.29) is 24.4 Å². The summed E-state index contributed by atoms with van der Waals surface area (Å²) >= 11 is 0. The van der Waals surface area contributed by atoms with E-state index < -0.39 is 71.9 Å². The molecule has 0 aromatic rings. The van der Waals surface area contributed by atoms with Gasteiger partial charge in [0.15, 0.2) is 0 Å². The zero-order valence-corrected chi connectivity index (χ0v) is 21.8. The normalized spacial score (nSPS) is 25.1. The molecule has 0 unspecified atom stereocenters. The van der Waals surface area contributed by atoms with Crippen molar-refractivity contribution < 1.29 is 37.9 Å². The summed E-state index contributed by atoms with van der Waals surface area (Å²) in [5.74, 6) is -6.46. The quantitative estimate of drug-likeness (QED) is 0.320. The largest absolute Gasteiger partial charge is 0.465 e. The Morgan fingerprint density at radius 1 is 1.00 bits per heavy atom. The number of Topliss-reactive ketones (excluding diaryl/α,β-unsaturated/α-hetero) is 1. The van der Waals surface area contributed by atoms with Crippen molar-refractivity contribution in [3.8, 4) is 0 Å². The minimum Gasteiger partial charge on any atom is -0.465 e. The van der Waals surface area contributed by atoms with Crippen LogP contribution in [0.1, 0.15) is 72.6 Å². The number of ketones is 1. The van der Waals surface area contributed by atoms with Crippen molar-refractivity contribution in [1.29, 1.82) is 0 Å². The Labute approximate surface area is 215 Å². The molecule has 3 rings (SSSR count). The third-order valence-corrected chi connectivity index (χ3v) is 7.46. The number of hydrogen-bond acceptors (Lipinski definition) is 5. The molecule has 4 amide bonds. The fraction of sp³-hybridized carbons (Fsp3) is 0.800. The molecule has 1 saturated heterocycles. The Hall–Kier alpha value is -2.79. The van der Waals surface area contributed by atoms with Crippen LogP contribution in [0, 0.1) is 17.3 Å². The predicted octanol–water partition coefficient (Wildman–Crippen LogP) is 2.06. The van der Waals surface area contributed by atoms with Gasteiger partial charge in [0.25, 0.3) is 5.91 Å². The van der Waals surface area contributed by atoms with Gasteiger partial charge >= 0.3 is 6.09 Å². The van der Waals surface area contributed by atoms with Crippen LogP contribution in [0.25, 0.3) is 0 Å². The lowest BCUT2D eigenvalue weighted by Crippen LogP contribution is -2.59. The lowest BCUT2D eigenvalue weighted by Gasteiger charge is -2.36. The molecule has 2 aliphatic carbocycles. The van der Waals surface area contributed by atoms with Crippen molar-refractivity contribution in [2.45, 2.75) is 103 Å². The van der Waals surface area contributed by atoms with Crippen LogP contribution >= 0.6 is 0 Å². The van der Waals surface area contributed by atoms with E-state index in [4.69, 9.17) is 0 Å². The molecule has 1 heterocycles. The number of fused-ring (bicyclic) bond motifs is 1. The molecule has 3 fully saturated rings. The van der Waals surface area contributed by atoms with E-state index in [1.54, 1.807) is 20.8 Å². The third kappa shape index (κ3) is 7.38. The molecule has 208 valence electrons. The first-order valence-corrected chi connectivity index (χ1v) is 12.9. The first kappa shape index (κ1) is 28.8. The lowest BCUT2D eigenvalue weighted by molar-refractivity contribution is -0.145. The lowest BCUT2D eigenvalue weighted by atomic mass is 9.85. The monoisotopic (exact) mass is 528 g/mol. The molecule has 0 bridgehead atoms. The average Bonchev–Trinajstić information content (AvgIpc) is 3.33. The number of carboxylic acid groups (broad SMARTS) is 1.